The van der Waals surface area contributed by atoms with E-state index in [1.54, 1.807) is 48.7 Å². The lowest BCUT2D eigenvalue weighted by atomic mass is 10.1. The van der Waals surface area contributed by atoms with Crippen LogP contribution in [0, 0.1) is 17.2 Å². The van der Waals surface area contributed by atoms with Crippen molar-refractivity contribution in [2.75, 3.05) is 30.5 Å². The topological polar surface area (TPSA) is 292 Å². The molecule has 7 heterocycles. The Bertz CT molecular complexity index is 3040. The highest BCUT2D eigenvalue weighted by atomic mass is 32.5. The number of carbonyl (C=O) groups is 2. The van der Waals surface area contributed by atoms with Crippen molar-refractivity contribution in [3.63, 3.8) is 0 Å². The number of ether oxygens (including phenoxy) is 2. The lowest BCUT2D eigenvalue weighted by Crippen LogP contribution is -2.51. The number of hydrogen-bond donors (Lipinski definition) is 4. The van der Waals surface area contributed by atoms with Crippen LogP contribution in [-0.4, -0.2) is 129 Å². The summed E-state index contributed by atoms with van der Waals surface area (Å²) in [4.78, 5) is 76.8. The molecule has 4 aromatic heterocycles. The van der Waals surface area contributed by atoms with Crippen molar-refractivity contribution >= 4 is 89.7 Å². The van der Waals surface area contributed by atoms with Gasteiger partial charge in [0.25, 0.3) is 11.5 Å². The SMILES string of the molecule is CC(C)C(=O)Nc1nc2c(ncn2[C@@H]2O[C@@H]3COP(O)O[C@@H]4[C@H](O[Si](C)(C)C(C)(C)C)[C@@H](COP(=S)(OCCC#N)O[C@@H]2[C@@H]3O[Si](C)(C)C(C)(C)C)O[C@H]4n2cnc3c(NC(=O)c4ccccc4)ncnc32)c(=O)[nH]1. The molecule has 406 valence electrons. The molecule has 8 rings (SSSR count). The summed E-state index contributed by atoms with van der Waals surface area (Å²) in [5.74, 6) is -1.21. The minimum atomic E-state index is -4.05. The smallest absolute Gasteiger partial charge is 0.330 e. The van der Waals surface area contributed by atoms with E-state index in [2.05, 4.69) is 101 Å². The van der Waals surface area contributed by atoms with Gasteiger partial charge in [0.2, 0.25) is 11.9 Å². The normalized spacial score (nSPS) is 27.1. The number of aromatic nitrogens is 8. The Morgan fingerprint density at radius 3 is 2.13 bits per heavy atom. The number of nitriles is 1. The van der Waals surface area contributed by atoms with Crippen molar-refractivity contribution in [1.82, 2.24) is 39.0 Å². The molecule has 4 bridgehead atoms. The second-order valence-corrected chi connectivity index (χ2v) is 35.1. The van der Waals surface area contributed by atoms with E-state index in [0.29, 0.717) is 5.56 Å². The number of rotatable bonds is 13. The average Bonchev–Trinajstić information content (AvgIpc) is 4.11. The van der Waals surface area contributed by atoms with E-state index in [4.69, 9.17) is 52.8 Å². The third kappa shape index (κ3) is 12.2. The fraction of sp³-hybridized carbons (Fsp3) is 0.587. The lowest BCUT2D eigenvalue weighted by Gasteiger charge is -2.41. The maximum absolute atomic E-state index is 13.5. The summed E-state index contributed by atoms with van der Waals surface area (Å²) < 4.78 is 64.1. The summed E-state index contributed by atoms with van der Waals surface area (Å²) in [6.45, 7) is 19.2. The van der Waals surface area contributed by atoms with Crippen molar-refractivity contribution in [1.29, 1.82) is 5.26 Å². The summed E-state index contributed by atoms with van der Waals surface area (Å²) in [5.41, 5.74) is 0.234. The molecule has 4 N–H and O–H groups in total. The molecule has 2 amide bonds. The number of fused-ring (bicyclic) bond motifs is 6. The number of carbonyl (C=O) groups excluding carboxylic acids is 2. The molecular formula is C46H65N11O13P2SSi2. The minimum absolute atomic E-state index is 0.0275. The molecule has 75 heavy (non-hydrogen) atoms. The fourth-order valence-corrected chi connectivity index (χ4v) is 13.4. The first-order valence-corrected chi connectivity index (χ1v) is 33.9. The van der Waals surface area contributed by atoms with Crippen molar-refractivity contribution < 1.29 is 55.4 Å². The van der Waals surface area contributed by atoms with E-state index in [1.165, 1.54) is 23.5 Å². The largest absolute Gasteiger partial charge is 0.408 e. The maximum atomic E-state index is 13.5. The molecule has 1 aromatic carbocycles. The molecule has 29 heteroatoms. The van der Waals surface area contributed by atoms with Gasteiger partial charge < -0.3 is 46.6 Å². The Kier molecular flexibility index (Phi) is 16.8. The van der Waals surface area contributed by atoms with Crippen LogP contribution in [0.3, 0.4) is 0 Å². The van der Waals surface area contributed by atoms with Crippen molar-refractivity contribution in [3.05, 3.63) is 65.2 Å². The highest BCUT2D eigenvalue weighted by molar-refractivity contribution is 8.07. The highest BCUT2D eigenvalue weighted by Crippen LogP contribution is 2.57. The average molecular weight is 1130 g/mol. The van der Waals surface area contributed by atoms with Crippen LogP contribution in [0.1, 0.15) is 84.6 Å². The van der Waals surface area contributed by atoms with Gasteiger partial charge in [0, 0.05) is 11.5 Å². The molecule has 3 saturated heterocycles. The van der Waals surface area contributed by atoms with E-state index in [0.717, 1.165) is 0 Å². The molecule has 24 nitrogen and oxygen atoms in total. The van der Waals surface area contributed by atoms with Crippen molar-refractivity contribution in [3.8, 4) is 6.07 Å². The van der Waals surface area contributed by atoms with Crippen LogP contribution in [0.25, 0.3) is 22.3 Å². The van der Waals surface area contributed by atoms with E-state index in [-0.39, 0.29) is 76.3 Å². The summed E-state index contributed by atoms with van der Waals surface area (Å²) >= 11 is 6.31. The van der Waals surface area contributed by atoms with Crippen LogP contribution in [0.5, 0.6) is 0 Å². The second-order valence-electron chi connectivity index (χ2n) is 21.7. The molecule has 3 fully saturated rings. The Labute approximate surface area is 442 Å². The van der Waals surface area contributed by atoms with E-state index >= 15 is 0 Å². The number of H-pyrrole nitrogens is 1. The Hall–Kier alpha value is -4.34. The number of imidazole rings is 2. The molecule has 5 aromatic rings. The molecule has 0 radical (unpaired) electrons. The van der Waals surface area contributed by atoms with Crippen LogP contribution in [0.4, 0.5) is 11.8 Å². The van der Waals surface area contributed by atoms with E-state index in [9.17, 15) is 24.5 Å². The van der Waals surface area contributed by atoms with E-state index < -0.39 is 98.4 Å². The first-order chi connectivity index (χ1) is 35.2. The van der Waals surface area contributed by atoms with Crippen LogP contribution in [0.2, 0.25) is 36.3 Å². The number of nitrogens with one attached hydrogen (secondary N) is 3. The number of aromatic amines is 1. The lowest BCUT2D eigenvalue weighted by molar-refractivity contribution is -0.118. The third-order valence-corrected chi connectivity index (χ3v) is 26.2. The first kappa shape index (κ1) is 56.9. The van der Waals surface area contributed by atoms with Gasteiger partial charge in [-0.25, -0.2) is 19.9 Å². The first-order valence-electron chi connectivity index (χ1n) is 24.4. The van der Waals surface area contributed by atoms with Gasteiger partial charge in [-0.3, -0.25) is 38.3 Å². The predicted octanol–water partition coefficient (Wildman–Crippen LogP) is 7.57. The second kappa shape index (κ2) is 22.2. The Morgan fingerprint density at radius 1 is 0.907 bits per heavy atom. The zero-order valence-electron chi connectivity index (χ0n) is 43.9. The van der Waals surface area contributed by atoms with Gasteiger partial charge in [-0.1, -0.05) is 73.6 Å². The molecule has 3 aliphatic heterocycles. The molecular weight excluding hydrogens is 1060 g/mol. The number of nitrogens with zero attached hydrogens (tertiary/aromatic N) is 8. The monoisotopic (exact) mass is 1130 g/mol. The van der Waals surface area contributed by atoms with Crippen LogP contribution in [-0.2, 0) is 57.5 Å². The Morgan fingerprint density at radius 2 is 1.51 bits per heavy atom. The maximum Gasteiger partial charge on any atom is 0.330 e. The zero-order chi connectivity index (χ0) is 54.4. The number of anilines is 2. The molecule has 0 aliphatic carbocycles. The summed E-state index contributed by atoms with van der Waals surface area (Å²) in [6.07, 6.45) is -4.72. The number of amides is 2. The van der Waals surface area contributed by atoms with Gasteiger partial charge in [-0.15, -0.1) is 0 Å². The van der Waals surface area contributed by atoms with Gasteiger partial charge >= 0.3 is 15.3 Å². The molecule has 0 spiro atoms. The molecule has 2 unspecified atom stereocenters. The third-order valence-electron chi connectivity index (χ3n) is 14.1. The van der Waals surface area contributed by atoms with Gasteiger partial charge in [0.05, 0.1) is 45.0 Å². The summed E-state index contributed by atoms with van der Waals surface area (Å²) in [7, 11) is -8.31. The van der Waals surface area contributed by atoms with Crippen LogP contribution >= 0.6 is 15.3 Å². The fourth-order valence-electron chi connectivity index (χ4n) is 7.89. The Balaban J connectivity index is 1.23. The van der Waals surface area contributed by atoms with Crippen LogP contribution < -0.4 is 16.2 Å². The minimum Gasteiger partial charge on any atom is -0.408 e. The predicted molar refractivity (Wildman–Crippen MR) is 285 cm³/mol. The van der Waals surface area contributed by atoms with Crippen LogP contribution in [0.15, 0.2) is 54.1 Å². The number of hydrogen-bond acceptors (Lipinski definition) is 20. The highest BCUT2D eigenvalue weighted by Gasteiger charge is 2.57. The standard InChI is InChI=1S/C46H65N11O13P2SSi2/c1-26(2)39(58)54-44-53-38-31(41(60)55-44)51-25-57(38)43-35-33(70-75(11,12)46(6,7)8)28(65-43)21-62-71(61)67-34-32(69-74(9,10)45(3,4)5)29(22-64-72(73,68-35)63-20-16-19-47)66-42(34)56-24-50-30-36(48-23-49-37(30)56)52-40(59)27-17-14-13-15-18-27/h13-15,17-18,23-26,28-29,32-35,42-43,61H,16,20-22H2,1-12H3,(H,48,49,52,59)(H2,53,54,55,58,60)/t28-,29-,32-,33-,34-,35-,42-,43-,71?,72?/m1/s1. The molecule has 10 atom stereocenters. The van der Waals surface area contributed by atoms with E-state index in [1.807, 2.05) is 13.1 Å². The number of benzene rings is 1. The molecule has 0 saturated carbocycles. The van der Waals surface area contributed by atoms with Gasteiger partial charge in [-0.2, -0.15) is 10.2 Å². The van der Waals surface area contributed by atoms with Gasteiger partial charge in [0.15, 0.2) is 57.2 Å². The van der Waals surface area contributed by atoms with Crippen molar-refractivity contribution in [2.24, 2.45) is 5.92 Å². The van der Waals surface area contributed by atoms with Gasteiger partial charge in [-0.05, 0) is 60.2 Å². The summed E-state index contributed by atoms with van der Waals surface area (Å²) in [5, 5.41) is 14.5. The van der Waals surface area contributed by atoms with Gasteiger partial charge in [0.1, 0.15) is 43.0 Å². The molecule has 3 aliphatic rings. The quantitative estimate of drug-likeness (QED) is 0.0502. The summed E-state index contributed by atoms with van der Waals surface area (Å²) in [6, 6.07) is 10.7. The zero-order valence-corrected chi connectivity index (χ0v) is 48.5. The van der Waals surface area contributed by atoms with Crippen molar-refractivity contribution in [2.45, 2.75) is 147 Å².